The molecule has 0 heteroatoms. The topological polar surface area (TPSA) is 0 Å². The zero-order chi connectivity index (χ0) is 26.7. The van der Waals surface area contributed by atoms with Gasteiger partial charge in [0, 0.05) is 0 Å². The lowest BCUT2D eigenvalue weighted by Crippen LogP contribution is -1.84. The van der Waals surface area contributed by atoms with E-state index in [1.165, 1.54) is 97.7 Å². The first-order chi connectivity index (χ1) is 20.2. The van der Waals surface area contributed by atoms with Crippen LogP contribution in [0.5, 0.6) is 0 Å². The molecule has 1 aliphatic carbocycles. The summed E-state index contributed by atoms with van der Waals surface area (Å²) in [6.45, 7) is 0. The molecule has 0 bridgehead atoms. The fourth-order valence-corrected chi connectivity index (χ4v) is 7.33. The van der Waals surface area contributed by atoms with Crippen LogP contribution in [0.2, 0.25) is 0 Å². The first-order valence-corrected chi connectivity index (χ1v) is 14.4. The number of hydrogen-bond acceptors (Lipinski definition) is 0. The third-order valence-corrected chi connectivity index (χ3v) is 9.39. The minimum absolute atomic E-state index is 1.01. The lowest BCUT2D eigenvalue weighted by molar-refractivity contribution is 1.28. The molecular weight excluding hydrogens is 492 g/mol. The van der Waals surface area contributed by atoms with Crippen LogP contribution in [0.25, 0.3) is 86.5 Å². The van der Waals surface area contributed by atoms with Gasteiger partial charge in [-0.2, -0.15) is 0 Å². The van der Waals surface area contributed by atoms with Gasteiger partial charge in [0.1, 0.15) is 0 Å². The summed E-state index contributed by atoms with van der Waals surface area (Å²) in [6, 6.07) is 50.6. The van der Waals surface area contributed by atoms with Gasteiger partial charge in [0.05, 0.1) is 0 Å². The molecule has 0 atom stereocenters. The van der Waals surface area contributed by atoms with E-state index in [-0.39, 0.29) is 0 Å². The highest BCUT2D eigenvalue weighted by molar-refractivity contribution is 6.12. The molecule has 0 unspecified atom stereocenters. The Labute approximate surface area is 237 Å². The Morgan fingerprint density at radius 2 is 0.488 bits per heavy atom. The van der Waals surface area contributed by atoms with Crippen LogP contribution in [0, 0.1) is 0 Å². The average molecular weight is 517 g/mol. The van der Waals surface area contributed by atoms with Crippen molar-refractivity contribution in [2.24, 2.45) is 0 Å². The van der Waals surface area contributed by atoms with Crippen molar-refractivity contribution in [1.29, 1.82) is 0 Å². The maximum atomic E-state index is 2.43. The van der Waals surface area contributed by atoms with Crippen LogP contribution in [-0.4, -0.2) is 0 Å². The van der Waals surface area contributed by atoms with E-state index in [1.54, 1.807) is 0 Å². The molecule has 0 N–H and O–H groups in total. The van der Waals surface area contributed by atoms with Crippen LogP contribution in [0.15, 0.2) is 133 Å². The molecule has 9 aromatic carbocycles. The van der Waals surface area contributed by atoms with Crippen molar-refractivity contribution >= 4 is 75.4 Å². The van der Waals surface area contributed by atoms with Crippen molar-refractivity contribution < 1.29 is 0 Å². The Kier molecular flexibility index (Phi) is 4.06. The van der Waals surface area contributed by atoms with E-state index in [0.29, 0.717) is 0 Å². The van der Waals surface area contributed by atoms with Crippen LogP contribution < -0.4 is 0 Å². The molecule has 0 radical (unpaired) electrons. The van der Waals surface area contributed by atoms with E-state index < -0.39 is 0 Å². The van der Waals surface area contributed by atoms with E-state index in [0.717, 1.165) is 6.42 Å². The predicted octanol–water partition coefficient (Wildman–Crippen LogP) is 11.3. The summed E-state index contributed by atoms with van der Waals surface area (Å²) >= 11 is 0. The normalized spacial score (nSPS) is 12.8. The van der Waals surface area contributed by atoms with E-state index in [1.807, 2.05) is 0 Å². The van der Waals surface area contributed by atoms with Gasteiger partial charge in [-0.3, -0.25) is 0 Å². The summed E-state index contributed by atoms with van der Waals surface area (Å²) < 4.78 is 0. The summed E-state index contributed by atoms with van der Waals surface area (Å²) in [6.07, 6.45) is 1.01. The predicted molar refractivity (Wildman–Crippen MR) is 177 cm³/mol. The fourth-order valence-electron chi connectivity index (χ4n) is 7.33. The average Bonchev–Trinajstić information content (AvgIpc) is 3.33. The smallest absolute Gasteiger partial charge is 0.00130 e. The summed E-state index contributed by atoms with van der Waals surface area (Å²) in [5.41, 5.74) is 5.67. The zero-order valence-electron chi connectivity index (χ0n) is 22.4. The second-order valence-corrected chi connectivity index (χ2v) is 11.9. The third kappa shape index (κ3) is 3.16. The molecular formula is C41H24. The monoisotopic (exact) mass is 516 g/mol. The van der Waals surface area contributed by atoms with Gasteiger partial charge in [0.15, 0.2) is 0 Å². The highest BCUT2D eigenvalue weighted by Crippen LogP contribution is 2.42. The number of rotatable bonds is 0. The number of hydrogen-bond donors (Lipinski definition) is 0. The Morgan fingerprint density at radius 1 is 0.244 bits per heavy atom. The largest absolute Gasteiger partial charge is 0.0616 e. The molecule has 0 aliphatic heterocycles. The van der Waals surface area contributed by atoms with Crippen LogP contribution in [0.1, 0.15) is 11.1 Å². The minimum Gasteiger partial charge on any atom is -0.0616 e. The van der Waals surface area contributed by atoms with E-state index in [9.17, 15) is 0 Å². The van der Waals surface area contributed by atoms with Gasteiger partial charge in [-0.1, -0.05) is 60.7 Å². The standard InChI is InChI=1S/C41H24/c1-2-6-25-10-29-13-31-15-33-17-35-19-37-23-41-39(21-38-11-26-7-3-4-8-27(26)22-40(38)41)20-36(37)18-34(35)16-32(33)14-30(31)12-28(29)9-24(25)5-1/h1-20,22-23H,21H2. The highest BCUT2D eigenvalue weighted by Gasteiger charge is 2.20. The molecule has 188 valence electrons. The molecule has 0 amide bonds. The lowest BCUT2D eigenvalue weighted by Gasteiger charge is -2.10. The fraction of sp³-hybridized carbons (Fsp3) is 0.0244. The SMILES string of the molecule is c1ccc2cc3c(cc2c1)Cc1cc2cc4cc5cc6cc7cc8ccccc8cc7cc6cc5cc4cc2cc1-3. The summed E-state index contributed by atoms with van der Waals surface area (Å²) in [5, 5.41) is 18.2. The molecule has 41 heavy (non-hydrogen) atoms. The maximum absolute atomic E-state index is 2.43. The van der Waals surface area contributed by atoms with Crippen molar-refractivity contribution in [3.8, 4) is 11.1 Å². The second kappa shape index (κ2) is 7.71. The van der Waals surface area contributed by atoms with Gasteiger partial charge in [0.2, 0.25) is 0 Å². The Balaban J connectivity index is 1.16. The lowest BCUT2D eigenvalue weighted by atomic mass is 9.94. The van der Waals surface area contributed by atoms with Gasteiger partial charge in [-0.15, -0.1) is 0 Å². The van der Waals surface area contributed by atoms with Crippen LogP contribution in [0.4, 0.5) is 0 Å². The van der Waals surface area contributed by atoms with Crippen LogP contribution in [0.3, 0.4) is 0 Å². The van der Waals surface area contributed by atoms with E-state index in [2.05, 4.69) is 133 Å². The van der Waals surface area contributed by atoms with E-state index in [4.69, 9.17) is 0 Å². The first-order valence-electron chi connectivity index (χ1n) is 14.4. The minimum atomic E-state index is 1.01. The number of benzene rings is 9. The van der Waals surface area contributed by atoms with E-state index >= 15 is 0 Å². The van der Waals surface area contributed by atoms with Crippen molar-refractivity contribution in [3.63, 3.8) is 0 Å². The van der Waals surface area contributed by atoms with Gasteiger partial charge in [-0.25, -0.2) is 0 Å². The van der Waals surface area contributed by atoms with Crippen LogP contribution in [-0.2, 0) is 6.42 Å². The summed E-state index contributed by atoms with van der Waals surface area (Å²) in [7, 11) is 0. The first kappa shape index (κ1) is 21.6. The van der Waals surface area contributed by atoms with Gasteiger partial charge in [-0.05, 0) is 177 Å². The quantitative estimate of drug-likeness (QED) is 0.176. The molecule has 9 aromatic rings. The van der Waals surface area contributed by atoms with Crippen LogP contribution >= 0.6 is 0 Å². The van der Waals surface area contributed by atoms with Crippen molar-refractivity contribution in [2.75, 3.05) is 0 Å². The van der Waals surface area contributed by atoms with Crippen molar-refractivity contribution in [3.05, 3.63) is 145 Å². The molecule has 0 spiro atoms. The number of fused-ring (bicyclic) bond motifs is 10. The third-order valence-electron chi connectivity index (χ3n) is 9.39. The molecule has 0 aromatic heterocycles. The Morgan fingerprint density at radius 3 is 0.902 bits per heavy atom. The summed E-state index contributed by atoms with van der Waals surface area (Å²) in [4.78, 5) is 0. The molecule has 10 rings (SSSR count). The van der Waals surface area contributed by atoms with Crippen molar-refractivity contribution in [1.82, 2.24) is 0 Å². The van der Waals surface area contributed by atoms with Gasteiger partial charge < -0.3 is 0 Å². The maximum Gasteiger partial charge on any atom is -0.00130 e. The zero-order valence-corrected chi connectivity index (χ0v) is 22.4. The van der Waals surface area contributed by atoms with Gasteiger partial charge in [0.25, 0.3) is 0 Å². The second-order valence-electron chi connectivity index (χ2n) is 11.9. The molecule has 0 saturated heterocycles. The Hall–Kier alpha value is -5.20. The molecule has 0 nitrogen and oxygen atoms in total. The summed E-state index contributed by atoms with van der Waals surface area (Å²) in [5.74, 6) is 0. The van der Waals surface area contributed by atoms with Gasteiger partial charge >= 0.3 is 0 Å². The molecule has 0 fully saturated rings. The molecule has 0 heterocycles. The Bertz CT molecular complexity index is 2600. The molecule has 0 saturated carbocycles. The van der Waals surface area contributed by atoms with Crippen molar-refractivity contribution in [2.45, 2.75) is 6.42 Å². The molecule has 1 aliphatic rings. The highest BCUT2D eigenvalue weighted by atomic mass is 14.2.